The van der Waals surface area contributed by atoms with Crippen LogP contribution in [0.25, 0.3) is 0 Å². The highest BCUT2D eigenvalue weighted by Gasteiger charge is 2.15. The second kappa shape index (κ2) is 5.14. The maximum absolute atomic E-state index is 10.7. The van der Waals surface area contributed by atoms with Gasteiger partial charge in [0.15, 0.2) is 0 Å². The Hall–Kier alpha value is -1.07. The van der Waals surface area contributed by atoms with Gasteiger partial charge in [0.25, 0.3) is 10.1 Å². The minimum absolute atomic E-state index is 0.383. The van der Waals surface area contributed by atoms with E-state index in [0.29, 0.717) is 13.0 Å². The van der Waals surface area contributed by atoms with Gasteiger partial charge in [0.05, 0.1) is 5.25 Å². The maximum atomic E-state index is 10.7. The Balaban J connectivity index is 2.35. The Morgan fingerprint density at radius 3 is 2.47 bits per heavy atom. The molecule has 0 saturated carbocycles. The first-order valence-electron chi connectivity index (χ1n) is 4.75. The van der Waals surface area contributed by atoms with Crippen LogP contribution in [0.4, 0.5) is 5.69 Å². The zero-order valence-corrected chi connectivity index (χ0v) is 9.37. The highest BCUT2D eigenvalue weighted by atomic mass is 32.2. The van der Waals surface area contributed by atoms with E-state index in [-0.39, 0.29) is 0 Å². The van der Waals surface area contributed by atoms with Crippen molar-refractivity contribution < 1.29 is 13.0 Å². The summed E-state index contributed by atoms with van der Waals surface area (Å²) in [6.45, 7) is 2.01. The number of benzene rings is 1. The molecule has 0 aliphatic heterocycles. The number of hydrogen-bond donors (Lipinski definition) is 2. The summed E-state index contributed by atoms with van der Waals surface area (Å²) in [6, 6.07) is 9.51. The fraction of sp³-hybridized carbons (Fsp3) is 0.400. The van der Waals surface area contributed by atoms with Crippen LogP contribution in [0, 0.1) is 0 Å². The van der Waals surface area contributed by atoms with E-state index in [2.05, 4.69) is 5.32 Å². The smallest absolute Gasteiger partial charge is 0.267 e. The molecule has 5 heteroatoms. The van der Waals surface area contributed by atoms with Crippen molar-refractivity contribution >= 4 is 15.8 Å². The average molecular weight is 229 g/mol. The summed E-state index contributed by atoms with van der Waals surface area (Å²) in [7, 11) is -3.90. The maximum Gasteiger partial charge on any atom is 0.267 e. The molecule has 84 valence electrons. The van der Waals surface area contributed by atoms with Gasteiger partial charge in [-0.05, 0) is 25.5 Å². The van der Waals surface area contributed by atoms with Crippen LogP contribution in [-0.4, -0.2) is 24.8 Å². The third kappa shape index (κ3) is 4.31. The SMILES string of the molecule is CC(CCNc1ccccc1)S(=O)(=O)O. The van der Waals surface area contributed by atoms with Crippen molar-refractivity contribution in [2.75, 3.05) is 11.9 Å². The van der Waals surface area contributed by atoms with E-state index in [1.54, 1.807) is 0 Å². The molecule has 4 nitrogen and oxygen atoms in total. The molecule has 1 aromatic rings. The highest BCUT2D eigenvalue weighted by molar-refractivity contribution is 7.86. The summed E-state index contributed by atoms with van der Waals surface area (Å²) < 4.78 is 30.1. The largest absolute Gasteiger partial charge is 0.385 e. The van der Waals surface area contributed by atoms with Crippen LogP contribution in [0.1, 0.15) is 13.3 Å². The Bertz CT molecular complexity index is 388. The quantitative estimate of drug-likeness (QED) is 0.755. The fourth-order valence-corrected chi connectivity index (χ4v) is 1.54. The van der Waals surface area contributed by atoms with Gasteiger partial charge in [0.2, 0.25) is 0 Å². The molecule has 0 aliphatic rings. The minimum Gasteiger partial charge on any atom is -0.385 e. The molecule has 0 fully saturated rings. The second-order valence-corrected chi connectivity index (χ2v) is 5.24. The summed E-state index contributed by atoms with van der Waals surface area (Å²) in [4.78, 5) is 0. The van der Waals surface area contributed by atoms with Crippen molar-refractivity contribution in [3.63, 3.8) is 0 Å². The Morgan fingerprint density at radius 1 is 1.33 bits per heavy atom. The molecule has 1 unspecified atom stereocenters. The molecule has 0 spiro atoms. The van der Waals surface area contributed by atoms with Gasteiger partial charge in [-0.15, -0.1) is 0 Å². The van der Waals surface area contributed by atoms with Crippen molar-refractivity contribution in [3.8, 4) is 0 Å². The lowest BCUT2D eigenvalue weighted by Gasteiger charge is -2.09. The van der Waals surface area contributed by atoms with Gasteiger partial charge in [-0.2, -0.15) is 8.42 Å². The lowest BCUT2D eigenvalue weighted by atomic mass is 10.3. The third-order valence-corrected chi connectivity index (χ3v) is 3.41. The lowest BCUT2D eigenvalue weighted by molar-refractivity contribution is 0.467. The number of nitrogens with one attached hydrogen (secondary N) is 1. The molecule has 0 aliphatic carbocycles. The number of anilines is 1. The first kappa shape index (κ1) is 12.0. The van der Waals surface area contributed by atoms with Crippen molar-refractivity contribution in [1.29, 1.82) is 0 Å². The summed E-state index contributed by atoms with van der Waals surface area (Å²) in [5.74, 6) is 0. The first-order chi connectivity index (χ1) is 7.00. The van der Waals surface area contributed by atoms with Gasteiger partial charge >= 0.3 is 0 Å². The highest BCUT2D eigenvalue weighted by Crippen LogP contribution is 2.07. The van der Waals surface area contributed by atoms with E-state index in [1.807, 2.05) is 30.3 Å². The zero-order valence-electron chi connectivity index (χ0n) is 8.55. The first-order valence-corrected chi connectivity index (χ1v) is 6.25. The van der Waals surface area contributed by atoms with Gasteiger partial charge in [0.1, 0.15) is 0 Å². The Morgan fingerprint density at radius 2 is 1.93 bits per heavy atom. The Kier molecular flexibility index (Phi) is 4.11. The molecule has 0 bridgehead atoms. The van der Waals surface area contributed by atoms with Crippen molar-refractivity contribution in [1.82, 2.24) is 0 Å². The molecule has 0 heterocycles. The van der Waals surface area contributed by atoms with Crippen LogP contribution >= 0.6 is 0 Å². The molecule has 0 saturated heterocycles. The predicted molar refractivity (Wildman–Crippen MR) is 60.6 cm³/mol. The number of hydrogen-bond acceptors (Lipinski definition) is 3. The van der Waals surface area contributed by atoms with Crippen LogP contribution in [0.5, 0.6) is 0 Å². The van der Waals surface area contributed by atoms with Gasteiger partial charge < -0.3 is 5.32 Å². The normalized spacial score (nSPS) is 13.5. The molecule has 1 rings (SSSR count). The summed E-state index contributed by atoms with van der Waals surface area (Å²) in [5, 5.41) is 2.34. The monoisotopic (exact) mass is 229 g/mol. The lowest BCUT2D eigenvalue weighted by Crippen LogP contribution is -2.20. The second-order valence-electron chi connectivity index (χ2n) is 3.41. The van der Waals surface area contributed by atoms with E-state index >= 15 is 0 Å². The van der Waals surface area contributed by atoms with Gasteiger partial charge in [-0.3, -0.25) is 4.55 Å². The third-order valence-electron chi connectivity index (χ3n) is 2.16. The molecule has 2 N–H and O–H groups in total. The summed E-state index contributed by atoms with van der Waals surface area (Å²) in [6.07, 6.45) is 0.383. The van der Waals surface area contributed by atoms with E-state index in [9.17, 15) is 8.42 Å². The van der Waals surface area contributed by atoms with Crippen LogP contribution in [0.2, 0.25) is 0 Å². The molecule has 0 aromatic heterocycles. The molecule has 0 radical (unpaired) electrons. The molecule has 1 aromatic carbocycles. The van der Waals surface area contributed by atoms with Gasteiger partial charge in [0, 0.05) is 12.2 Å². The molecular weight excluding hydrogens is 214 g/mol. The van der Waals surface area contributed by atoms with Crippen molar-refractivity contribution in [2.24, 2.45) is 0 Å². The number of para-hydroxylation sites is 1. The van der Waals surface area contributed by atoms with Gasteiger partial charge in [-0.25, -0.2) is 0 Å². The van der Waals surface area contributed by atoms with Gasteiger partial charge in [-0.1, -0.05) is 18.2 Å². The van der Waals surface area contributed by atoms with Crippen LogP contribution < -0.4 is 5.32 Å². The van der Waals surface area contributed by atoms with Crippen LogP contribution in [0.3, 0.4) is 0 Å². The van der Waals surface area contributed by atoms with E-state index < -0.39 is 15.4 Å². The standard InChI is InChI=1S/C10H15NO3S/c1-9(15(12,13)14)7-8-11-10-5-3-2-4-6-10/h2-6,9,11H,7-8H2,1H3,(H,12,13,14). The fourth-order valence-electron chi connectivity index (χ4n) is 1.12. The number of rotatable bonds is 5. The summed E-state index contributed by atoms with van der Waals surface area (Å²) in [5.41, 5.74) is 0.944. The molecule has 1 atom stereocenters. The van der Waals surface area contributed by atoms with Crippen LogP contribution in [-0.2, 0) is 10.1 Å². The summed E-state index contributed by atoms with van der Waals surface area (Å²) >= 11 is 0. The van der Waals surface area contributed by atoms with Crippen LogP contribution in [0.15, 0.2) is 30.3 Å². The molecule has 0 amide bonds. The molecular formula is C10H15NO3S. The average Bonchev–Trinajstić information content (AvgIpc) is 2.18. The van der Waals surface area contributed by atoms with E-state index in [1.165, 1.54) is 6.92 Å². The van der Waals surface area contributed by atoms with E-state index in [0.717, 1.165) is 5.69 Å². The topological polar surface area (TPSA) is 66.4 Å². The van der Waals surface area contributed by atoms with Crippen molar-refractivity contribution in [3.05, 3.63) is 30.3 Å². The minimum atomic E-state index is -3.90. The zero-order chi connectivity index (χ0) is 11.3. The predicted octanol–water partition coefficient (Wildman–Crippen LogP) is 1.76. The Labute approximate surface area is 90.1 Å². The van der Waals surface area contributed by atoms with Crippen molar-refractivity contribution in [2.45, 2.75) is 18.6 Å². The van der Waals surface area contributed by atoms with E-state index in [4.69, 9.17) is 4.55 Å². The molecule has 15 heavy (non-hydrogen) atoms.